The van der Waals surface area contributed by atoms with Gasteiger partial charge in [-0.25, -0.2) is 0 Å². The van der Waals surface area contributed by atoms with Gasteiger partial charge in [-0.2, -0.15) is 4.98 Å². The molecule has 122 valence electrons. The highest BCUT2D eigenvalue weighted by Crippen LogP contribution is 2.23. The Bertz CT molecular complexity index is 841. The van der Waals surface area contributed by atoms with Crippen LogP contribution in [0.2, 0.25) is 0 Å². The van der Waals surface area contributed by atoms with E-state index in [-0.39, 0.29) is 5.91 Å². The first-order valence-electron chi connectivity index (χ1n) is 7.87. The average molecular weight is 321 g/mol. The number of nitrogens with zero attached hydrogens (tertiary/aromatic N) is 2. The second-order valence-electron chi connectivity index (χ2n) is 5.70. The van der Waals surface area contributed by atoms with Gasteiger partial charge in [-0.15, -0.1) is 0 Å². The van der Waals surface area contributed by atoms with Gasteiger partial charge in [0.25, 0.3) is 0 Å². The van der Waals surface area contributed by atoms with Crippen molar-refractivity contribution in [2.75, 3.05) is 5.32 Å². The van der Waals surface area contributed by atoms with Crippen molar-refractivity contribution in [2.24, 2.45) is 0 Å². The third-order valence-electron chi connectivity index (χ3n) is 3.77. The van der Waals surface area contributed by atoms with E-state index < -0.39 is 0 Å². The molecule has 0 fully saturated rings. The molecule has 0 aliphatic carbocycles. The van der Waals surface area contributed by atoms with Crippen LogP contribution >= 0.6 is 0 Å². The molecule has 0 atom stereocenters. The minimum absolute atomic E-state index is 0.00473. The molecule has 3 rings (SSSR count). The van der Waals surface area contributed by atoms with Crippen LogP contribution in [-0.2, 0) is 11.2 Å². The molecule has 24 heavy (non-hydrogen) atoms. The summed E-state index contributed by atoms with van der Waals surface area (Å²) in [6, 6.07) is 15.7. The van der Waals surface area contributed by atoms with E-state index in [0.717, 1.165) is 28.8 Å². The van der Waals surface area contributed by atoms with Crippen molar-refractivity contribution in [1.82, 2.24) is 10.1 Å². The quantitative estimate of drug-likeness (QED) is 0.773. The Hall–Kier alpha value is -2.95. The Kier molecular flexibility index (Phi) is 4.70. The number of benzene rings is 2. The molecule has 1 N–H and O–H groups in total. The molecule has 0 unspecified atom stereocenters. The Morgan fingerprint density at radius 3 is 2.58 bits per heavy atom. The maximum absolute atomic E-state index is 12.1. The zero-order valence-corrected chi connectivity index (χ0v) is 13.7. The molecule has 3 aromatic rings. The number of amides is 1. The zero-order chi connectivity index (χ0) is 16.9. The van der Waals surface area contributed by atoms with Crippen molar-refractivity contribution in [3.63, 3.8) is 0 Å². The number of nitrogens with one attached hydrogen (secondary N) is 1. The summed E-state index contributed by atoms with van der Waals surface area (Å²) in [6.45, 7) is 3.70. The van der Waals surface area contributed by atoms with E-state index in [1.54, 1.807) is 6.92 Å². The Balaban J connectivity index is 1.63. The molecule has 0 saturated heterocycles. The lowest BCUT2D eigenvalue weighted by Gasteiger charge is -2.09. The molecular formula is C19H19N3O2. The average Bonchev–Trinajstić information content (AvgIpc) is 3.02. The van der Waals surface area contributed by atoms with Crippen LogP contribution in [-0.4, -0.2) is 16.0 Å². The standard InChI is InChI=1S/C19H19N3O2/c1-13-12-16(19-20-14(2)24-22-19)9-10-17(13)21-18(23)11-8-15-6-4-3-5-7-15/h3-7,9-10,12H,8,11H2,1-2H3,(H,21,23). The Labute approximate surface area is 140 Å². The third-order valence-corrected chi connectivity index (χ3v) is 3.77. The first-order valence-corrected chi connectivity index (χ1v) is 7.87. The summed E-state index contributed by atoms with van der Waals surface area (Å²) in [5.74, 6) is 1.09. The van der Waals surface area contributed by atoms with Gasteiger partial charge in [-0.3, -0.25) is 4.79 Å². The van der Waals surface area contributed by atoms with Crippen LogP contribution in [0.15, 0.2) is 53.1 Å². The van der Waals surface area contributed by atoms with Crippen LogP contribution in [0.1, 0.15) is 23.4 Å². The zero-order valence-electron chi connectivity index (χ0n) is 13.7. The summed E-state index contributed by atoms with van der Waals surface area (Å²) in [4.78, 5) is 16.4. The molecule has 1 amide bonds. The normalized spacial score (nSPS) is 10.6. The van der Waals surface area contributed by atoms with Crippen molar-refractivity contribution in [3.8, 4) is 11.4 Å². The lowest BCUT2D eigenvalue weighted by atomic mass is 10.1. The molecular weight excluding hydrogens is 302 g/mol. The van der Waals surface area contributed by atoms with Crippen LogP contribution in [0.25, 0.3) is 11.4 Å². The fourth-order valence-corrected chi connectivity index (χ4v) is 2.47. The van der Waals surface area contributed by atoms with Gasteiger partial charge in [0, 0.05) is 24.6 Å². The second kappa shape index (κ2) is 7.08. The highest BCUT2D eigenvalue weighted by molar-refractivity contribution is 5.92. The van der Waals surface area contributed by atoms with Crippen LogP contribution in [0.4, 0.5) is 5.69 Å². The van der Waals surface area contributed by atoms with Gasteiger partial charge in [-0.1, -0.05) is 35.5 Å². The topological polar surface area (TPSA) is 68.0 Å². The van der Waals surface area contributed by atoms with Crippen molar-refractivity contribution in [1.29, 1.82) is 0 Å². The van der Waals surface area contributed by atoms with E-state index in [0.29, 0.717) is 18.1 Å². The fraction of sp³-hybridized carbons (Fsp3) is 0.211. The molecule has 1 aromatic heterocycles. The largest absolute Gasteiger partial charge is 0.339 e. The SMILES string of the molecule is Cc1nc(-c2ccc(NC(=O)CCc3ccccc3)c(C)c2)no1. The Morgan fingerprint density at radius 2 is 1.92 bits per heavy atom. The molecule has 5 heteroatoms. The number of carbonyl (C=O) groups is 1. The summed E-state index contributed by atoms with van der Waals surface area (Å²) in [5.41, 5.74) is 3.79. The lowest BCUT2D eigenvalue weighted by molar-refractivity contribution is -0.116. The molecule has 1 heterocycles. The predicted molar refractivity (Wildman–Crippen MR) is 92.6 cm³/mol. The lowest BCUT2D eigenvalue weighted by Crippen LogP contribution is -2.13. The van der Waals surface area contributed by atoms with Crippen molar-refractivity contribution < 1.29 is 9.32 Å². The van der Waals surface area contributed by atoms with E-state index in [4.69, 9.17) is 4.52 Å². The monoisotopic (exact) mass is 321 g/mol. The van der Waals surface area contributed by atoms with E-state index in [9.17, 15) is 4.79 Å². The summed E-state index contributed by atoms with van der Waals surface area (Å²) in [5, 5.41) is 6.87. The number of carbonyl (C=O) groups excluding carboxylic acids is 1. The van der Waals surface area contributed by atoms with E-state index in [2.05, 4.69) is 15.5 Å². The van der Waals surface area contributed by atoms with Gasteiger partial charge < -0.3 is 9.84 Å². The van der Waals surface area contributed by atoms with Crippen molar-refractivity contribution in [2.45, 2.75) is 26.7 Å². The molecule has 0 aliphatic rings. The number of aryl methyl sites for hydroxylation is 3. The third kappa shape index (κ3) is 3.87. The number of anilines is 1. The van der Waals surface area contributed by atoms with E-state index in [1.165, 1.54) is 0 Å². The van der Waals surface area contributed by atoms with Gasteiger partial charge in [0.15, 0.2) is 0 Å². The summed E-state index contributed by atoms with van der Waals surface area (Å²) >= 11 is 0. The van der Waals surface area contributed by atoms with Crippen LogP contribution in [0.5, 0.6) is 0 Å². The highest BCUT2D eigenvalue weighted by Gasteiger charge is 2.09. The molecule has 2 aromatic carbocycles. The van der Waals surface area contributed by atoms with E-state index in [1.807, 2.05) is 55.5 Å². The predicted octanol–water partition coefficient (Wildman–Crippen LogP) is 3.92. The summed E-state index contributed by atoms with van der Waals surface area (Å²) in [7, 11) is 0. The minimum atomic E-state index is 0.00473. The van der Waals surface area contributed by atoms with Gasteiger partial charge in [0.2, 0.25) is 17.6 Å². The maximum Gasteiger partial charge on any atom is 0.224 e. The van der Waals surface area contributed by atoms with Crippen molar-refractivity contribution in [3.05, 3.63) is 65.5 Å². The molecule has 0 saturated carbocycles. The first kappa shape index (κ1) is 15.9. The smallest absolute Gasteiger partial charge is 0.224 e. The second-order valence-corrected chi connectivity index (χ2v) is 5.70. The van der Waals surface area contributed by atoms with Gasteiger partial charge in [-0.05, 0) is 42.7 Å². The van der Waals surface area contributed by atoms with Crippen molar-refractivity contribution >= 4 is 11.6 Å². The molecule has 0 aliphatic heterocycles. The van der Waals surface area contributed by atoms with Crippen LogP contribution in [0, 0.1) is 13.8 Å². The Morgan fingerprint density at radius 1 is 1.12 bits per heavy atom. The van der Waals surface area contributed by atoms with Gasteiger partial charge >= 0.3 is 0 Å². The van der Waals surface area contributed by atoms with Crippen LogP contribution < -0.4 is 5.32 Å². The summed E-state index contributed by atoms with van der Waals surface area (Å²) in [6.07, 6.45) is 1.18. The first-order chi connectivity index (χ1) is 11.6. The minimum Gasteiger partial charge on any atom is -0.339 e. The maximum atomic E-state index is 12.1. The molecule has 0 radical (unpaired) electrons. The summed E-state index contributed by atoms with van der Waals surface area (Å²) < 4.78 is 5.00. The molecule has 0 bridgehead atoms. The number of hydrogen-bond donors (Lipinski definition) is 1. The van der Waals surface area contributed by atoms with E-state index >= 15 is 0 Å². The number of aromatic nitrogens is 2. The van der Waals surface area contributed by atoms with Crippen LogP contribution in [0.3, 0.4) is 0 Å². The highest BCUT2D eigenvalue weighted by atomic mass is 16.5. The van der Waals surface area contributed by atoms with Gasteiger partial charge in [0.1, 0.15) is 0 Å². The molecule has 5 nitrogen and oxygen atoms in total. The molecule has 0 spiro atoms. The number of rotatable bonds is 5. The van der Waals surface area contributed by atoms with Gasteiger partial charge in [0.05, 0.1) is 0 Å². The fourth-order valence-electron chi connectivity index (χ4n) is 2.47. The number of hydrogen-bond acceptors (Lipinski definition) is 4.